The van der Waals surface area contributed by atoms with E-state index in [9.17, 15) is 14.4 Å². The van der Waals surface area contributed by atoms with Gasteiger partial charge in [0.1, 0.15) is 0 Å². The Morgan fingerprint density at radius 1 is 1.10 bits per heavy atom. The molecule has 0 aliphatic carbocycles. The van der Waals surface area contributed by atoms with Gasteiger partial charge in [0.15, 0.2) is 5.78 Å². The lowest BCUT2D eigenvalue weighted by molar-refractivity contribution is -0.122. The number of ketones is 1. The molecule has 2 heterocycles. The standard InChI is InChI=1S/C22H17ClN2O3S/c1-13-17(16-5-3-4-6-18(16)24(13)2)11-20-21(27)25(22(28)29-20)12-19(26)14-7-9-15(23)10-8-14/h3-11H,12H2,1-2H3/b20-11-. The van der Waals surface area contributed by atoms with E-state index in [-0.39, 0.29) is 12.3 Å². The molecule has 0 bridgehead atoms. The summed E-state index contributed by atoms with van der Waals surface area (Å²) in [6, 6.07) is 14.3. The highest BCUT2D eigenvalue weighted by Crippen LogP contribution is 2.35. The van der Waals surface area contributed by atoms with Gasteiger partial charge in [-0.15, -0.1) is 0 Å². The molecule has 2 aromatic carbocycles. The molecular formula is C22H17ClN2O3S. The molecule has 0 radical (unpaired) electrons. The second-order valence-electron chi connectivity index (χ2n) is 6.77. The van der Waals surface area contributed by atoms with E-state index in [1.807, 2.05) is 38.2 Å². The van der Waals surface area contributed by atoms with Gasteiger partial charge in [-0.05, 0) is 55.1 Å². The highest BCUT2D eigenvalue weighted by Gasteiger charge is 2.36. The first-order valence-electron chi connectivity index (χ1n) is 8.95. The lowest BCUT2D eigenvalue weighted by atomic mass is 10.1. The van der Waals surface area contributed by atoms with Gasteiger partial charge in [0.2, 0.25) is 0 Å². The average molecular weight is 425 g/mol. The SMILES string of the molecule is Cc1c(/C=C2\SC(=O)N(CC(=O)c3ccc(Cl)cc3)C2=O)c2ccccc2n1C. The number of nitrogens with zero attached hydrogens (tertiary/aromatic N) is 2. The molecule has 0 unspecified atom stereocenters. The van der Waals surface area contributed by atoms with Crippen LogP contribution in [0.4, 0.5) is 4.79 Å². The van der Waals surface area contributed by atoms with Gasteiger partial charge in [-0.2, -0.15) is 0 Å². The van der Waals surface area contributed by atoms with E-state index in [1.165, 1.54) is 0 Å². The van der Waals surface area contributed by atoms with Crippen LogP contribution in [0.3, 0.4) is 0 Å². The monoisotopic (exact) mass is 424 g/mol. The molecule has 1 aliphatic heterocycles. The van der Waals surface area contributed by atoms with Crippen molar-refractivity contribution in [2.45, 2.75) is 6.92 Å². The first kappa shape index (κ1) is 19.5. The van der Waals surface area contributed by atoms with Gasteiger partial charge >= 0.3 is 0 Å². The summed E-state index contributed by atoms with van der Waals surface area (Å²) in [6.45, 7) is 1.68. The highest BCUT2D eigenvalue weighted by atomic mass is 35.5. The first-order chi connectivity index (χ1) is 13.9. The van der Waals surface area contributed by atoms with Crippen molar-refractivity contribution in [1.82, 2.24) is 9.47 Å². The molecule has 4 rings (SSSR count). The zero-order valence-electron chi connectivity index (χ0n) is 15.8. The van der Waals surface area contributed by atoms with Gasteiger partial charge in [-0.1, -0.05) is 29.8 Å². The maximum atomic E-state index is 12.8. The fourth-order valence-corrected chi connectivity index (χ4v) is 4.32. The van der Waals surface area contributed by atoms with E-state index in [0.717, 1.165) is 38.8 Å². The van der Waals surface area contributed by atoms with Crippen molar-refractivity contribution in [3.63, 3.8) is 0 Å². The molecule has 5 nitrogen and oxygen atoms in total. The van der Waals surface area contributed by atoms with E-state index in [4.69, 9.17) is 11.6 Å². The van der Waals surface area contributed by atoms with Crippen molar-refractivity contribution in [3.8, 4) is 0 Å². The molecular weight excluding hydrogens is 408 g/mol. The average Bonchev–Trinajstić information content (AvgIpc) is 3.11. The third-order valence-corrected chi connectivity index (χ3v) is 6.22. The van der Waals surface area contributed by atoms with Crippen molar-refractivity contribution in [2.75, 3.05) is 6.54 Å². The Morgan fingerprint density at radius 2 is 1.79 bits per heavy atom. The number of fused-ring (bicyclic) bond motifs is 1. The summed E-state index contributed by atoms with van der Waals surface area (Å²) in [5.41, 5.74) is 3.35. The van der Waals surface area contributed by atoms with Crippen LogP contribution in [0.2, 0.25) is 5.02 Å². The molecule has 0 N–H and O–H groups in total. The molecule has 1 aromatic heterocycles. The number of hydrogen-bond acceptors (Lipinski definition) is 4. The number of aromatic nitrogens is 1. The van der Waals surface area contributed by atoms with Gasteiger partial charge < -0.3 is 4.57 Å². The molecule has 146 valence electrons. The fraction of sp³-hybridized carbons (Fsp3) is 0.136. The van der Waals surface area contributed by atoms with E-state index in [2.05, 4.69) is 4.57 Å². The normalized spacial score (nSPS) is 15.7. The smallest absolute Gasteiger partial charge is 0.293 e. The summed E-state index contributed by atoms with van der Waals surface area (Å²) in [7, 11) is 1.96. The van der Waals surface area contributed by atoms with Crippen LogP contribution in [0.5, 0.6) is 0 Å². The van der Waals surface area contributed by atoms with Gasteiger partial charge in [0, 0.05) is 39.8 Å². The summed E-state index contributed by atoms with van der Waals surface area (Å²) in [6.07, 6.45) is 1.75. The van der Waals surface area contributed by atoms with Gasteiger partial charge in [-0.3, -0.25) is 19.3 Å². The summed E-state index contributed by atoms with van der Waals surface area (Å²) >= 11 is 6.70. The van der Waals surface area contributed by atoms with Gasteiger partial charge in [0.05, 0.1) is 11.4 Å². The predicted molar refractivity (Wildman–Crippen MR) is 116 cm³/mol. The molecule has 2 amide bonds. The van der Waals surface area contributed by atoms with Gasteiger partial charge in [-0.25, -0.2) is 0 Å². The number of para-hydroxylation sites is 1. The number of rotatable bonds is 4. The van der Waals surface area contributed by atoms with Crippen molar-refractivity contribution in [1.29, 1.82) is 0 Å². The minimum absolute atomic E-state index is 0.293. The highest BCUT2D eigenvalue weighted by molar-refractivity contribution is 8.18. The van der Waals surface area contributed by atoms with E-state index >= 15 is 0 Å². The summed E-state index contributed by atoms with van der Waals surface area (Å²) < 4.78 is 2.05. The number of aryl methyl sites for hydroxylation is 1. The topological polar surface area (TPSA) is 59.4 Å². The minimum atomic E-state index is -0.449. The molecule has 0 spiro atoms. The molecule has 0 saturated carbocycles. The number of thioether (sulfide) groups is 1. The molecule has 1 fully saturated rings. The van der Waals surface area contributed by atoms with E-state index in [0.29, 0.717) is 15.5 Å². The van der Waals surface area contributed by atoms with Crippen molar-refractivity contribution in [2.24, 2.45) is 7.05 Å². The molecule has 0 atom stereocenters. The Morgan fingerprint density at radius 3 is 2.52 bits per heavy atom. The Hall–Kier alpha value is -2.83. The Bertz CT molecular complexity index is 1190. The maximum Gasteiger partial charge on any atom is 0.293 e. The zero-order valence-corrected chi connectivity index (χ0v) is 17.4. The lowest BCUT2D eigenvalue weighted by Crippen LogP contribution is -2.33. The summed E-state index contributed by atoms with van der Waals surface area (Å²) in [4.78, 5) is 39.0. The Balaban J connectivity index is 1.63. The maximum absolute atomic E-state index is 12.8. The number of Topliss-reactive ketones (excluding diaryl/α,β-unsaturated/α-hetero) is 1. The zero-order chi connectivity index (χ0) is 20.7. The number of benzene rings is 2. The van der Waals surface area contributed by atoms with E-state index < -0.39 is 11.1 Å². The van der Waals surface area contributed by atoms with Crippen molar-refractivity contribution in [3.05, 3.63) is 75.3 Å². The number of carbonyl (C=O) groups excluding carboxylic acids is 3. The second-order valence-corrected chi connectivity index (χ2v) is 8.20. The number of halogens is 1. The molecule has 1 aliphatic rings. The number of hydrogen-bond donors (Lipinski definition) is 0. The quantitative estimate of drug-likeness (QED) is 0.434. The molecule has 3 aromatic rings. The van der Waals surface area contributed by atoms with Crippen LogP contribution in [0.25, 0.3) is 17.0 Å². The van der Waals surface area contributed by atoms with Gasteiger partial charge in [0.25, 0.3) is 11.1 Å². The van der Waals surface area contributed by atoms with Crippen LogP contribution in [0.15, 0.2) is 53.4 Å². The molecule has 29 heavy (non-hydrogen) atoms. The van der Waals surface area contributed by atoms with Crippen LogP contribution >= 0.6 is 23.4 Å². The minimum Gasteiger partial charge on any atom is -0.347 e. The van der Waals surface area contributed by atoms with Crippen LogP contribution in [0.1, 0.15) is 21.6 Å². The summed E-state index contributed by atoms with van der Waals surface area (Å²) in [5, 5.41) is 1.08. The van der Waals surface area contributed by atoms with Crippen LogP contribution in [0, 0.1) is 6.92 Å². The third-order valence-electron chi connectivity index (χ3n) is 5.07. The van der Waals surface area contributed by atoms with Crippen molar-refractivity contribution >= 4 is 57.3 Å². The van der Waals surface area contributed by atoms with Crippen LogP contribution in [-0.4, -0.2) is 32.9 Å². The van der Waals surface area contributed by atoms with E-state index in [1.54, 1.807) is 30.3 Å². The van der Waals surface area contributed by atoms with Crippen molar-refractivity contribution < 1.29 is 14.4 Å². The predicted octanol–water partition coefficient (Wildman–Crippen LogP) is 5.06. The third kappa shape index (κ3) is 3.50. The Labute approximate surface area is 176 Å². The van der Waals surface area contributed by atoms with Crippen LogP contribution < -0.4 is 0 Å². The fourth-order valence-electron chi connectivity index (χ4n) is 3.37. The largest absolute Gasteiger partial charge is 0.347 e. The number of amides is 2. The molecule has 1 saturated heterocycles. The van der Waals surface area contributed by atoms with Crippen LogP contribution in [-0.2, 0) is 11.8 Å². The molecule has 7 heteroatoms. The second kappa shape index (κ2) is 7.54. The lowest BCUT2D eigenvalue weighted by Gasteiger charge is -2.11. The Kier molecular flexibility index (Phi) is 5.06. The summed E-state index contributed by atoms with van der Waals surface area (Å²) in [5.74, 6) is -0.763. The number of imide groups is 1. The first-order valence-corrected chi connectivity index (χ1v) is 10.1. The number of carbonyl (C=O) groups is 3.